The van der Waals surface area contributed by atoms with Crippen LogP contribution in [0, 0.1) is 0 Å². The van der Waals surface area contributed by atoms with Crippen LogP contribution in [0.4, 0.5) is 5.82 Å². The molecule has 4 aromatic rings. The fraction of sp³-hybridized carbons (Fsp3) is 0.250. The highest BCUT2D eigenvalue weighted by Crippen LogP contribution is 2.32. The smallest absolute Gasteiger partial charge is 0.147 e. The Morgan fingerprint density at radius 3 is 3.00 bits per heavy atom. The molecular formula is C20H18ClN5O2. The molecule has 1 aliphatic heterocycles. The summed E-state index contributed by atoms with van der Waals surface area (Å²) >= 11 is 6.19. The molecular weight excluding hydrogens is 378 g/mol. The van der Waals surface area contributed by atoms with Gasteiger partial charge in [-0.3, -0.25) is 4.98 Å². The molecule has 2 atom stereocenters. The van der Waals surface area contributed by atoms with E-state index in [0.29, 0.717) is 17.4 Å². The number of ether oxygens (including phenoxy) is 2. The maximum absolute atomic E-state index is 6.19. The third-order valence-corrected chi connectivity index (χ3v) is 5.36. The summed E-state index contributed by atoms with van der Waals surface area (Å²) in [4.78, 5) is 12.7. The van der Waals surface area contributed by atoms with Crippen LogP contribution >= 0.6 is 11.6 Å². The molecule has 5 rings (SSSR count). The van der Waals surface area contributed by atoms with Gasteiger partial charge in [-0.1, -0.05) is 11.6 Å². The molecule has 0 bridgehead atoms. The van der Waals surface area contributed by atoms with Gasteiger partial charge in [-0.15, -0.1) is 0 Å². The highest BCUT2D eigenvalue weighted by Gasteiger charge is 2.28. The molecule has 142 valence electrons. The van der Waals surface area contributed by atoms with Gasteiger partial charge in [0.1, 0.15) is 36.4 Å². The first-order valence-electron chi connectivity index (χ1n) is 9.08. The zero-order valence-corrected chi connectivity index (χ0v) is 15.7. The maximum Gasteiger partial charge on any atom is 0.147 e. The largest absolute Gasteiger partial charge is 0.491 e. The van der Waals surface area contributed by atoms with E-state index in [2.05, 4.69) is 15.0 Å². The Bertz CT molecular complexity index is 1160. The Kier molecular flexibility index (Phi) is 4.26. The number of anilines is 1. The third kappa shape index (κ3) is 3.02. The number of hydrogen-bond donors (Lipinski definition) is 1. The SMILES string of the molecule is Nc1ncnc2c1ccn2C1CCC(COc2ccc3c(Cl)ccnc3c2)O1. The second-order valence-corrected chi connectivity index (χ2v) is 7.20. The zero-order valence-electron chi connectivity index (χ0n) is 15.0. The lowest BCUT2D eigenvalue weighted by Gasteiger charge is -2.16. The van der Waals surface area contributed by atoms with Crippen LogP contribution in [-0.2, 0) is 4.74 Å². The summed E-state index contributed by atoms with van der Waals surface area (Å²) in [5.74, 6) is 1.23. The molecule has 3 aromatic heterocycles. The van der Waals surface area contributed by atoms with Gasteiger partial charge < -0.3 is 19.8 Å². The lowest BCUT2D eigenvalue weighted by molar-refractivity contribution is -0.0156. The lowest BCUT2D eigenvalue weighted by atomic mass is 10.2. The van der Waals surface area contributed by atoms with Crippen molar-refractivity contribution in [1.82, 2.24) is 19.5 Å². The summed E-state index contributed by atoms with van der Waals surface area (Å²) < 4.78 is 14.1. The molecule has 4 heterocycles. The molecule has 2 unspecified atom stereocenters. The number of fused-ring (bicyclic) bond motifs is 2. The Morgan fingerprint density at radius 1 is 1.14 bits per heavy atom. The number of hydrogen-bond acceptors (Lipinski definition) is 6. The van der Waals surface area contributed by atoms with Crippen LogP contribution in [0.5, 0.6) is 5.75 Å². The molecule has 1 fully saturated rings. The minimum Gasteiger partial charge on any atom is -0.491 e. The van der Waals surface area contributed by atoms with Crippen molar-refractivity contribution in [2.45, 2.75) is 25.2 Å². The number of pyridine rings is 1. The first kappa shape index (κ1) is 17.2. The second-order valence-electron chi connectivity index (χ2n) is 6.79. The molecule has 0 aliphatic carbocycles. The third-order valence-electron chi connectivity index (χ3n) is 5.03. The van der Waals surface area contributed by atoms with Crippen molar-refractivity contribution in [2.75, 3.05) is 12.3 Å². The summed E-state index contributed by atoms with van der Waals surface area (Å²) in [6.45, 7) is 0.471. The molecule has 1 aliphatic rings. The van der Waals surface area contributed by atoms with Crippen LogP contribution in [0.2, 0.25) is 5.02 Å². The van der Waals surface area contributed by atoms with E-state index >= 15 is 0 Å². The van der Waals surface area contributed by atoms with Crippen LogP contribution in [-0.4, -0.2) is 32.2 Å². The summed E-state index contributed by atoms with van der Waals surface area (Å²) in [5, 5.41) is 2.43. The Labute approximate surface area is 166 Å². The molecule has 1 saturated heterocycles. The number of halogens is 1. The first-order chi connectivity index (χ1) is 13.7. The quantitative estimate of drug-likeness (QED) is 0.562. The molecule has 2 N–H and O–H groups in total. The van der Waals surface area contributed by atoms with Gasteiger partial charge in [0.2, 0.25) is 0 Å². The monoisotopic (exact) mass is 395 g/mol. The van der Waals surface area contributed by atoms with Gasteiger partial charge in [-0.2, -0.15) is 0 Å². The predicted octanol–water partition coefficient (Wildman–Crippen LogP) is 3.97. The van der Waals surface area contributed by atoms with E-state index in [1.165, 1.54) is 6.33 Å². The fourth-order valence-electron chi connectivity index (χ4n) is 3.61. The van der Waals surface area contributed by atoms with Crippen molar-refractivity contribution in [3.8, 4) is 5.75 Å². The van der Waals surface area contributed by atoms with Crippen LogP contribution in [0.15, 0.2) is 49.1 Å². The van der Waals surface area contributed by atoms with Gasteiger partial charge in [0.25, 0.3) is 0 Å². The van der Waals surface area contributed by atoms with Crippen molar-refractivity contribution in [3.05, 3.63) is 54.1 Å². The van der Waals surface area contributed by atoms with Crippen LogP contribution in [0.25, 0.3) is 21.9 Å². The van der Waals surface area contributed by atoms with Crippen molar-refractivity contribution < 1.29 is 9.47 Å². The van der Waals surface area contributed by atoms with Crippen LogP contribution in [0.3, 0.4) is 0 Å². The minimum atomic E-state index is -0.0857. The molecule has 0 spiro atoms. The van der Waals surface area contributed by atoms with Gasteiger partial charge in [0, 0.05) is 23.8 Å². The summed E-state index contributed by atoms with van der Waals surface area (Å²) in [6.07, 6.45) is 6.82. The van der Waals surface area contributed by atoms with E-state index < -0.39 is 0 Å². The predicted molar refractivity (Wildman–Crippen MR) is 107 cm³/mol. The normalized spacial score (nSPS) is 19.5. The number of nitrogen functional groups attached to an aromatic ring is 1. The minimum absolute atomic E-state index is 0.00431. The highest BCUT2D eigenvalue weighted by atomic mass is 35.5. The maximum atomic E-state index is 6.19. The van der Waals surface area contributed by atoms with Crippen LogP contribution in [0.1, 0.15) is 19.1 Å². The van der Waals surface area contributed by atoms with Gasteiger partial charge in [-0.25, -0.2) is 9.97 Å². The first-order valence-corrected chi connectivity index (χ1v) is 9.46. The average Bonchev–Trinajstić information content (AvgIpc) is 3.34. The second kappa shape index (κ2) is 6.92. The molecule has 1 aromatic carbocycles. The van der Waals surface area contributed by atoms with Crippen molar-refractivity contribution in [1.29, 1.82) is 0 Å². The molecule has 8 heteroatoms. The summed E-state index contributed by atoms with van der Waals surface area (Å²) in [5.41, 5.74) is 7.52. The van der Waals surface area contributed by atoms with Crippen LogP contribution < -0.4 is 10.5 Å². The topological polar surface area (TPSA) is 88.1 Å². The van der Waals surface area contributed by atoms with Crippen molar-refractivity contribution >= 4 is 39.4 Å². The molecule has 7 nitrogen and oxygen atoms in total. The summed E-state index contributed by atoms with van der Waals surface area (Å²) in [6, 6.07) is 9.42. The number of rotatable bonds is 4. The standard InChI is InChI=1S/C20H18ClN5O2/c21-16-5-7-23-17-9-12(1-3-14(16)17)27-10-13-2-4-18(28-13)26-8-6-15-19(22)24-11-25-20(15)26/h1,3,5-9,11,13,18H,2,4,10H2,(H2,22,24,25). The Hall–Kier alpha value is -2.90. The summed E-state index contributed by atoms with van der Waals surface area (Å²) in [7, 11) is 0. The Balaban J connectivity index is 1.27. The van der Waals surface area contributed by atoms with E-state index in [4.69, 9.17) is 26.8 Å². The number of nitrogens with zero attached hydrogens (tertiary/aromatic N) is 4. The number of aromatic nitrogens is 4. The number of nitrogens with two attached hydrogens (primary N) is 1. The van der Waals surface area contributed by atoms with Gasteiger partial charge in [-0.05, 0) is 37.1 Å². The molecule has 0 amide bonds. The van der Waals surface area contributed by atoms with Gasteiger partial charge in [0.05, 0.1) is 22.0 Å². The van der Waals surface area contributed by atoms with Gasteiger partial charge in [0.15, 0.2) is 0 Å². The van der Waals surface area contributed by atoms with E-state index in [9.17, 15) is 0 Å². The average molecular weight is 396 g/mol. The highest BCUT2D eigenvalue weighted by molar-refractivity contribution is 6.35. The number of benzene rings is 1. The molecule has 0 radical (unpaired) electrons. The van der Waals surface area contributed by atoms with Crippen molar-refractivity contribution in [3.63, 3.8) is 0 Å². The van der Waals surface area contributed by atoms with E-state index in [1.54, 1.807) is 12.3 Å². The van der Waals surface area contributed by atoms with E-state index in [1.807, 2.05) is 35.0 Å². The zero-order chi connectivity index (χ0) is 19.1. The molecule has 28 heavy (non-hydrogen) atoms. The fourth-order valence-corrected chi connectivity index (χ4v) is 3.82. The molecule has 0 saturated carbocycles. The van der Waals surface area contributed by atoms with Crippen molar-refractivity contribution in [2.24, 2.45) is 0 Å². The van der Waals surface area contributed by atoms with E-state index in [0.717, 1.165) is 40.5 Å². The van der Waals surface area contributed by atoms with E-state index in [-0.39, 0.29) is 12.3 Å². The van der Waals surface area contributed by atoms with Gasteiger partial charge >= 0.3 is 0 Å². The lowest BCUT2D eigenvalue weighted by Crippen LogP contribution is -2.18. The Morgan fingerprint density at radius 2 is 2.07 bits per heavy atom.